The van der Waals surface area contributed by atoms with E-state index in [-0.39, 0.29) is 30.3 Å². The van der Waals surface area contributed by atoms with E-state index in [1.807, 2.05) is 24.8 Å². The number of oxazole rings is 1. The third kappa shape index (κ3) is 2.86. The number of nitrogens with one attached hydrogen (secondary N) is 2. The minimum absolute atomic E-state index is 0.0281. The van der Waals surface area contributed by atoms with E-state index in [2.05, 4.69) is 15.6 Å². The summed E-state index contributed by atoms with van der Waals surface area (Å²) in [6.45, 7) is 4.29. The molecule has 31 heavy (non-hydrogen) atoms. The lowest BCUT2D eigenvalue weighted by atomic mass is 9.66. The Hall–Kier alpha value is -3.24. The first-order valence-corrected chi connectivity index (χ1v) is 10.1. The molecule has 10 heteroatoms. The number of nitrogens with zero attached hydrogens (tertiary/aromatic N) is 2. The van der Waals surface area contributed by atoms with Crippen LogP contribution in [0.4, 0.5) is 10.5 Å². The molecule has 5 atom stereocenters. The van der Waals surface area contributed by atoms with Crippen LogP contribution in [0.5, 0.6) is 0 Å². The Morgan fingerprint density at radius 3 is 2.84 bits per heavy atom. The lowest BCUT2D eigenvalue weighted by Crippen LogP contribution is -2.76. The average Bonchev–Trinajstić information content (AvgIpc) is 3.25. The summed E-state index contributed by atoms with van der Waals surface area (Å²) >= 11 is 0. The fourth-order valence-electron chi connectivity index (χ4n) is 5.21. The van der Waals surface area contributed by atoms with Crippen molar-refractivity contribution in [3.8, 4) is 0 Å². The molecular weight excluding hydrogens is 404 g/mol. The molecule has 1 aromatic carbocycles. The Kier molecular flexibility index (Phi) is 4.38. The lowest BCUT2D eigenvalue weighted by Gasteiger charge is -2.57. The van der Waals surface area contributed by atoms with Crippen LogP contribution in [0.1, 0.15) is 35.7 Å². The molecule has 2 saturated heterocycles. The van der Waals surface area contributed by atoms with Gasteiger partial charge in [0.25, 0.3) is 5.89 Å². The van der Waals surface area contributed by atoms with Crippen molar-refractivity contribution < 1.29 is 28.6 Å². The van der Waals surface area contributed by atoms with Crippen LogP contribution in [0.25, 0.3) is 0 Å². The Balaban J connectivity index is 1.64. The van der Waals surface area contributed by atoms with Gasteiger partial charge in [-0.05, 0) is 44.0 Å². The van der Waals surface area contributed by atoms with Crippen LogP contribution in [-0.2, 0) is 16.0 Å². The Morgan fingerprint density at radius 2 is 2.13 bits per heavy atom. The highest BCUT2D eigenvalue weighted by atomic mass is 16.5. The molecule has 162 valence electrons. The van der Waals surface area contributed by atoms with Crippen molar-refractivity contribution in [1.82, 2.24) is 15.6 Å². The van der Waals surface area contributed by atoms with E-state index in [0.29, 0.717) is 17.7 Å². The molecule has 3 amide bonds. The second kappa shape index (κ2) is 6.89. The van der Waals surface area contributed by atoms with Crippen LogP contribution in [0.3, 0.4) is 0 Å². The van der Waals surface area contributed by atoms with Gasteiger partial charge < -0.3 is 24.5 Å². The highest BCUT2D eigenvalue weighted by Crippen LogP contribution is 2.48. The van der Waals surface area contributed by atoms with Gasteiger partial charge in [-0.1, -0.05) is 0 Å². The molecule has 0 saturated carbocycles. The highest BCUT2D eigenvalue weighted by Gasteiger charge is 2.62. The number of rotatable bonds is 2. The van der Waals surface area contributed by atoms with Crippen molar-refractivity contribution in [1.29, 1.82) is 0 Å². The third-order valence-electron chi connectivity index (χ3n) is 6.38. The summed E-state index contributed by atoms with van der Waals surface area (Å²) in [6, 6.07) is 3.97. The number of carbonyl (C=O) groups excluding carboxylic acids is 3. The van der Waals surface area contributed by atoms with Crippen LogP contribution in [-0.4, -0.2) is 58.8 Å². The SMILES string of the molecule is C[C@@H]1CN2c3ccc(C(=O)c4ncco4)cc3C[C@@]3(C(=O)NC(=O)N[C@@H]3O)[C@H]2[C@H](C)O1. The summed E-state index contributed by atoms with van der Waals surface area (Å²) < 4.78 is 11.1. The van der Waals surface area contributed by atoms with E-state index in [1.54, 1.807) is 12.1 Å². The van der Waals surface area contributed by atoms with Gasteiger partial charge in [-0.15, -0.1) is 0 Å². The largest absolute Gasteiger partial charge is 0.442 e. The van der Waals surface area contributed by atoms with Crippen LogP contribution < -0.4 is 15.5 Å². The van der Waals surface area contributed by atoms with E-state index in [0.717, 1.165) is 5.69 Å². The number of morpholine rings is 1. The second-order valence-electron chi connectivity index (χ2n) is 8.31. The van der Waals surface area contributed by atoms with Gasteiger partial charge in [-0.25, -0.2) is 9.78 Å². The molecular formula is C21H22N4O6. The van der Waals surface area contributed by atoms with E-state index in [4.69, 9.17) is 9.15 Å². The van der Waals surface area contributed by atoms with Gasteiger partial charge in [0, 0.05) is 17.8 Å². The zero-order valence-electron chi connectivity index (χ0n) is 17.0. The number of fused-ring (bicyclic) bond motifs is 4. The van der Waals surface area contributed by atoms with Crippen molar-refractivity contribution in [3.05, 3.63) is 47.7 Å². The van der Waals surface area contributed by atoms with Crippen molar-refractivity contribution in [3.63, 3.8) is 0 Å². The fraction of sp³-hybridized carbons (Fsp3) is 0.429. The molecule has 0 bridgehead atoms. The van der Waals surface area contributed by atoms with Crippen LogP contribution in [0, 0.1) is 5.41 Å². The van der Waals surface area contributed by atoms with Gasteiger partial charge in [-0.3, -0.25) is 14.9 Å². The molecule has 2 fully saturated rings. The summed E-state index contributed by atoms with van der Waals surface area (Å²) in [4.78, 5) is 43.7. The Bertz CT molecular complexity index is 1070. The summed E-state index contributed by atoms with van der Waals surface area (Å²) in [5, 5.41) is 15.7. The fourth-order valence-corrected chi connectivity index (χ4v) is 5.21. The maximum Gasteiger partial charge on any atom is 0.323 e. The van der Waals surface area contributed by atoms with Crippen molar-refractivity contribution in [2.75, 3.05) is 11.4 Å². The number of aliphatic hydroxyl groups is 1. The Morgan fingerprint density at radius 1 is 1.32 bits per heavy atom. The number of hydrogen-bond donors (Lipinski definition) is 3. The quantitative estimate of drug-likeness (QED) is 0.594. The minimum atomic E-state index is -1.42. The Labute approximate surface area is 177 Å². The first kappa shape index (κ1) is 19.7. The van der Waals surface area contributed by atoms with Gasteiger partial charge in [0.2, 0.25) is 11.7 Å². The predicted octanol–water partition coefficient (Wildman–Crippen LogP) is 0.588. The van der Waals surface area contributed by atoms with E-state index >= 15 is 0 Å². The van der Waals surface area contributed by atoms with E-state index in [9.17, 15) is 19.5 Å². The standard InChI is InChI=1S/C21H22N4O6/c1-10-9-25-14-4-3-12(15(26)17-22-5-6-30-17)7-13(14)8-21(16(25)11(2)31-10)18(27)23-20(29)24-19(21)28/h3-7,10-11,16,18,27H,8-9H2,1-2H3,(H2,23,24,28,29)/t10-,11+,16-,18-,21-/m1/s1. The second-order valence-corrected chi connectivity index (χ2v) is 8.31. The van der Waals surface area contributed by atoms with Crippen LogP contribution in [0.15, 0.2) is 35.1 Å². The summed E-state index contributed by atoms with van der Waals surface area (Å²) in [7, 11) is 0. The van der Waals surface area contributed by atoms with Crippen molar-refractivity contribution >= 4 is 23.4 Å². The molecule has 2 aromatic rings. The van der Waals surface area contributed by atoms with Gasteiger partial charge in [0.05, 0.1) is 24.4 Å². The molecule has 4 heterocycles. The number of aromatic nitrogens is 1. The van der Waals surface area contributed by atoms with Gasteiger partial charge >= 0.3 is 6.03 Å². The zero-order chi connectivity index (χ0) is 21.9. The smallest absolute Gasteiger partial charge is 0.323 e. The van der Waals surface area contributed by atoms with Crippen LogP contribution >= 0.6 is 0 Å². The summed E-state index contributed by atoms with van der Waals surface area (Å²) in [5.41, 5.74) is 0.545. The number of hydrogen-bond acceptors (Lipinski definition) is 8. The highest BCUT2D eigenvalue weighted by molar-refractivity contribution is 6.06. The predicted molar refractivity (Wildman–Crippen MR) is 106 cm³/mol. The average molecular weight is 426 g/mol. The molecule has 3 N–H and O–H groups in total. The van der Waals surface area contributed by atoms with Crippen molar-refractivity contribution in [2.45, 2.75) is 44.7 Å². The maximum atomic E-state index is 13.2. The molecule has 10 nitrogen and oxygen atoms in total. The van der Waals surface area contributed by atoms with E-state index < -0.39 is 29.6 Å². The first-order chi connectivity index (χ1) is 14.8. The maximum absolute atomic E-state index is 13.2. The van der Waals surface area contributed by atoms with Crippen molar-refractivity contribution in [2.24, 2.45) is 5.41 Å². The number of carbonyl (C=O) groups is 3. The number of ether oxygens (including phenoxy) is 1. The summed E-state index contributed by atoms with van der Waals surface area (Å²) in [5.74, 6) is -0.979. The van der Waals surface area contributed by atoms with Gasteiger partial charge in [0.15, 0.2) is 0 Å². The monoisotopic (exact) mass is 426 g/mol. The lowest BCUT2D eigenvalue weighted by molar-refractivity contribution is -0.155. The van der Waals surface area contributed by atoms with Gasteiger partial charge in [0.1, 0.15) is 17.9 Å². The zero-order valence-corrected chi connectivity index (χ0v) is 17.0. The first-order valence-electron chi connectivity index (χ1n) is 10.1. The number of urea groups is 1. The molecule has 5 rings (SSSR count). The molecule has 3 aliphatic heterocycles. The molecule has 1 spiro atoms. The van der Waals surface area contributed by atoms with E-state index in [1.165, 1.54) is 12.5 Å². The summed E-state index contributed by atoms with van der Waals surface area (Å²) in [6.07, 6.45) is 0.924. The number of amides is 3. The minimum Gasteiger partial charge on any atom is -0.442 e. The number of aliphatic hydroxyl groups excluding tert-OH is 1. The molecule has 0 aliphatic carbocycles. The number of imide groups is 1. The molecule has 0 radical (unpaired) electrons. The number of ketones is 1. The molecule has 1 aromatic heterocycles. The van der Waals surface area contributed by atoms with Crippen LogP contribution in [0.2, 0.25) is 0 Å². The number of benzene rings is 1. The molecule has 0 unspecified atom stereocenters. The topological polar surface area (TPSA) is 134 Å². The van der Waals surface area contributed by atoms with Gasteiger partial charge in [-0.2, -0.15) is 0 Å². The third-order valence-corrected chi connectivity index (χ3v) is 6.38. The normalized spacial score (nSPS) is 32.2. The molecule has 3 aliphatic rings. The number of anilines is 1.